The van der Waals surface area contributed by atoms with Gasteiger partial charge in [0.25, 0.3) is 0 Å². The number of hydrogen-bond donors (Lipinski definition) is 2. The summed E-state index contributed by atoms with van der Waals surface area (Å²) in [6.45, 7) is 4.66. The zero-order valence-electron chi connectivity index (χ0n) is 13.9. The van der Waals surface area contributed by atoms with Gasteiger partial charge in [-0.25, -0.2) is 4.79 Å². The summed E-state index contributed by atoms with van der Waals surface area (Å²) in [7, 11) is 1.78. The van der Waals surface area contributed by atoms with Crippen LogP contribution in [-0.4, -0.2) is 56.9 Å². The van der Waals surface area contributed by atoms with E-state index in [-0.39, 0.29) is 11.4 Å². The molecule has 3 rings (SSSR count). The Labute approximate surface area is 134 Å². The number of nitrogens with one attached hydrogen (secondary N) is 2. The number of amides is 2. The lowest BCUT2D eigenvalue weighted by Crippen LogP contribution is -2.46. The van der Waals surface area contributed by atoms with Crippen molar-refractivity contribution in [2.75, 3.05) is 39.9 Å². The molecule has 2 aliphatic heterocycles. The predicted molar refractivity (Wildman–Crippen MR) is 86.9 cm³/mol. The SMILES string of the molecule is COCC1CN(C(=O)NC2CCCCC2)CC12CCNCC2. The van der Waals surface area contributed by atoms with E-state index in [9.17, 15) is 4.79 Å². The van der Waals surface area contributed by atoms with Gasteiger partial charge in [-0.05, 0) is 44.2 Å². The number of piperidine rings is 1. The van der Waals surface area contributed by atoms with Crippen molar-refractivity contribution in [3.05, 3.63) is 0 Å². The summed E-state index contributed by atoms with van der Waals surface area (Å²) in [5.74, 6) is 0.483. The van der Waals surface area contributed by atoms with E-state index in [1.165, 1.54) is 19.3 Å². The highest BCUT2D eigenvalue weighted by molar-refractivity contribution is 5.75. The minimum absolute atomic E-state index is 0.156. The Kier molecular flexibility index (Phi) is 5.24. The predicted octanol–water partition coefficient (Wildman–Crippen LogP) is 1.98. The van der Waals surface area contributed by atoms with E-state index in [2.05, 4.69) is 15.5 Å². The number of rotatable bonds is 3. The number of nitrogens with zero attached hydrogens (tertiary/aromatic N) is 1. The van der Waals surface area contributed by atoms with Gasteiger partial charge in [0.15, 0.2) is 0 Å². The second kappa shape index (κ2) is 7.18. The molecule has 22 heavy (non-hydrogen) atoms. The third kappa shape index (κ3) is 3.40. The van der Waals surface area contributed by atoms with E-state index in [0.717, 1.165) is 58.5 Å². The van der Waals surface area contributed by atoms with Crippen LogP contribution in [-0.2, 0) is 4.74 Å². The molecule has 5 nitrogen and oxygen atoms in total. The monoisotopic (exact) mass is 309 g/mol. The third-order valence-corrected chi connectivity index (χ3v) is 6.00. The fourth-order valence-electron chi connectivity index (χ4n) is 4.62. The lowest BCUT2D eigenvalue weighted by molar-refractivity contribution is 0.0717. The fraction of sp³-hybridized carbons (Fsp3) is 0.941. The van der Waals surface area contributed by atoms with Crippen LogP contribution in [0, 0.1) is 11.3 Å². The van der Waals surface area contributed by atoms with E-state index in [1.807, 2.05) is 0 Å². The first-order valence-corrected chi connectivity index (χ1v) is 8.99. The van der Waals surface area contributed by atoms with Gasteiger partial charge < -0.3 is 20.3 Å². The molecule has 2 N–H and O–H groups in total. The van der Waals surface area contributed by atoms with E-state index < -0.39 is 0 Å². The zero-order valence-corrected chi connectivity index (χ0v) is 13.9. The van der Waals surface area contributed by atoms with Gasteiger partial charge in [-0.1, -0.05) is 19.3 Å². The van der Waals surface area contributed by atoms with E-state index in [1.54, 1.807) is 7.11 Å². The van der Waals surface area contributed by atoms with Crippen LogP contribution in [0.1, 0.15) is 44.9 Å². The summed E-state index contributed by atoms with van der Waals surface area (Å²) in [5.41, 5.74) is 0.269. The number of likely N-dealkylation sites (tertiary alicyclic amines) is 1. The average molecular weight is 309 g/mol. The van der Waals surface area contributed by atoms with Gasteiger partial charge >= 0.3 is 6.03 Å². The average Bonchev–Trinajstić information content (AvgIpc) is 2.88. The molecule has 2 amide bonds. The Balaban J connectivity index is 1.60. The Morgan fingerprint density at radius 3 is 2.68 bits per heavy atom. The smallest absolute Gasteiger partial charge is 0.317 e. The summed E-state index contributed by atoms with van der Waals surface area (Å²) >= 11 is 0. The van der Waals surface area contributed by atoms with Crippen molar-refractivity contribution in [2.45, 2.75) is 51.0 Å². The van der Waals surface area contributed by atoms with Gasteiger partial charge in [0.1, 0.15) is 0 Å². The summed E-state index contributed by atoms with van der Waals surface area (Å²) in [6.07, 6.45) is 8.45. The minimum Gasteiger partial charge on any atom is -0.384 e. The van der Waals surface area contributed by atoms with Crippen molar-refractivity contribution < 1.29 is 9.53 Å². The molecule has 1 aliphatic carbocycles. The van der Waals surface area contributed by atoms with Gasteiger partial charge in [0.2, 0.25) is 0 Å². The standard InChI is InChI=1S/C17H31N3O2/c1-22-12-14-11-20(13-17(14)7-9-18-10-8-17)16(21)19-15-5-3-2-4-6-15/h14-15,18H,2-13H2,1H3,(H,19,21). The van der Waals surface area contributed by atoms with E-state index in [0.29, 0.717) is 12.0 Å². The highest BCUT2D eigenvalue weighted by Gasteiger charge is 2.48. The Morgan fingerprint density at radius 2 is 2.00 bits per heavy atom. The molecule has 0 bridgehead atoms. The Bertz CT molecular complexity index is 376. The fourth-order valence-corrected chi connectivity index (χ4v) is 4.62. The van der Waals surface area contributed by atoms with Crippen LogP contribution >= 0.6 is 0 Å². The topological polar surface area (TPSA) is 53.6 Å². The highest BCUT2D eigenvalue weighted by atomic mass is 16.5. The van der Waals surface area contributed by atoms with Crippen LogP contribution in [0.4, 0.5) is 4.79 Å². The van der Waals surface area contributed by atoms with Crippen molar-refractivity contribution in [1.29, 1.82) is 0 Å². The maximum absolute atomic E-state index is 12.6. The molecule has 3 fully saturated rings. The third-order valence-electron chi connectivity index (χ3n) is 6.00. The van der Waals surface area contributed by atoms with Crippen LogP contribution in [0.15, 0.2) is 0 Å². The summed E-state index contributed by atoms with van der Waals surface area (Å²) in [6, 6.07) is 0.551. The maximum atomic E-state index is 12.6. The van der Waals surface area contributed by atoms with Gasteiger partial charge in [-0.15, -0.1) is 0 Å². The first kappa shape index (κ1) is 16.1. The van der Waals surface area contributed by atoms with Crippen molar-refractivity contribution in [1.82, 2.24) is 15.5 Å². The van der Waals surface area contributed by atoms with E-state index in [4.69, 9.17) is 4.74 Å². The molecule has 1 spiro atoms. The molecule has 0 aromatic rings. The molecule has 0 aromatic heterocycles. The van der Waals surface area contributed by atoms with Gasteiger partial charge in [0.05, 0.1) is 6.61 Å². The molecule has 3 aliphatic rings. The number of carbonyl (C=O) groups excluding carboxylic acids is 1. The molecule has 2 heterocycles. The van der Waals surface area contributed by atoms with Crippen LogP contribution < -0.4 is 10.6 Å². The van der Waals surface area contributed by atoms with Gasteiger partial charge in [0, 0.05) is 32.2 Å². The van der Waals surface area contributed by atoms with Crippen LogP contribution in [0.3, 0.4) is 0 Å². The van der Waals surface area contributed by atoms with Gasteiger partial charge in [-0.3, -0.25) is 0 Å². The number of methoxy groups -OCH3 is 1. The lowest BCUT2D eigenvalue weighted by Gasteiger charge is -2.38. The van der Waals surface area contributed by atoms with Crippen molar-refractivity contribution in [2.24, 2.45) is 11.3 Å². The molecular weight excluding hydrogens is 278 g/mol. The van der Waals surface area contributed by atoms with Crippen LogP contribution in [0.25, 0.3) is 0 Å². The first-order chi connectivity index (χ1) is 10.7. The number of hydrogen-bond acceptors (Lipinski definition) is 3. The molecule has 0 radical (unpaired) electrons. The van der Waals surface area contributed by atoms with E-state index >= 15 is 0 Å². The normalized spacial score (nSPS) is 29.0. The highest BCUT2D eigenvalue weighted by Crippen LogP contribution is 2.43. The van der Waals surface area contributed by atoms with Crippen molar-refractivity contribution in [3.8, 4) is 0 Å². The number of carbonyl (C=O) groups is 1. The zero-order chi connectivity index (χ0) is 15.4. The second-order valence-electron chi connectivity index (χ2n) is 7.43. The Hall–Kier alpha value is -0.810. The maximum Gasteiger partial charge on any atom is 0.317 e. The molecule has 1 unspecified atom stereocenters. The molecule has 126 valence electrons. The second-order valence-corrected chi connectivity index (χ2v) is 7.43. The summed E-state index contributed by atoms with van der Waals surface area (Å²) in [5, 5.41) is 6.72. The van der Waals surface area contributed by atoms with Gasteiger partial charge in [-0.2, -0.15) is 0 Å². The van der Waals surface area contributed by atoms with Crippen molar-refractivity contribution in [3.63, 3.8) is 0 Å². The quantitative estimate of drug-likeness (QED) is 0.838. The molecule has 1 saturated carbocycles. The summed E-state index contributed by atoms with van der Waals surface area (Å²) < 4.78 is 5.45. The Morgan fingerprint density at radius 1 is 1.27 bits per heavy atom. The first-order valence-electron chi connectivity index (χ1n) is 8.99. The van der Waals surface area contributed by atoms with Crippen LogP contribution in [0.2, 0.25) is 0 Å². The summed E-state index contributed by atoms with van der Waals surface area (Å²) in [4.78, 5) is 14.7. The molecular formula is C17H31N3O2. The number of urea groups is 1. The number of ether oxygens (including phenoxy) is 1. The lowest BCUT2D eigenvalue weighted by atomic mass is 9.71. The molecule has 1 atom stereocenters. The molecule has 5 heteroatoms. The molecule has 2 saturated heterocycles. The largest absolute Gasteiger partial charge is 0.384 e. The van der Waals surface area contributed by atoms with Crippen LogP contribution in [0.5, 0.6) is 0 Å². The molecule has 0 aromatic carbocycles. The van der Waals surface area contributed by atoms with Crippen molar-refractivity contribution >= 4 is 6.03 Å². The minimum atomic E-state index is 0.156.